The Balaban J connectivity index is 1.50. The normalized spacial score (nSPS) is 12.2. The number of aliphatic hydroxyl groups is 4. The Morgan fingerprint density at radius 2 is 1.67 bits per heavy atom. The molecule has 0 fully saturated rings. The zero-order valence-electron chi connectivity index (χ0n) is 28.6. The van der Waals surface area contributed by atoms with Crippen molar-refractivity contribution in [2.75, 3.05) is 26.4 Å². The summed E-state index contributed by atoms with van der Waals surface area (Å²) in [5.74, 6) is 1.60. The summed E-state index contributed by atoms with van der Waals surface area (Å²) in [5.41, 5.74) is 4.35. The van der Waals surface area contributed by atoms with Gasteiger partial charge in [0.15, 0.2) is 0 Å². The van der Waals surface area contributed by atoms with E-state index in [1.165, 1.54) is 6.20 Å². The molecule has 1 aromatic heterocycles. The van der Waals surface area contributed by atoms with Crippen LogP contribution in [0, 0.1) is 18.3 Å². The number of hydrogen-bond donors (Lipinski definition) is 5. The van der Waals surface area contributed by atoms with E-state index >= 15 is 0 Å². The molecule has 4 rings (SSSR count). The fourth-order valence-electron chi connectivity index (χ4n) is 4.99. The van der Waals surface area contributed by atoms with Crippen molar-refractivity contribution in [2.24, 2.45) is 0 Å². The van der Waals surface area contributed by atoms with E-state index < -0.39 is 11.6 Å². The van der Waals surface area contributed by atoms with Gasteiger partial charge in [-0.2, -0.15) is 5.26 Å². The van der Waals surface area contributed by atoms with Gasteiger partial charge in [-0.25, -0.2) is 0 Å². The number of nitriles is 1. The van der Waals surface area contributed by atoms with Gasteiger partial charge in [-0.05, 0) is 19.1 Å². The molecule has 0 saturated carbocycles. The summed E-state index contributed by atoms with van der Waals surface area (Å²) in [7, 11) is 0. The van der Waals surface area contributed by atoms with Crippen molar-refractivity contribution in [3.8, 4) is 34.4 Å². The van der Waals surface area contributed by atoms with Crippen molar-refractivity contribution in [3.63, 3.8) is 0 Å². The maximum atomic E-state index is 9.77. The molecule has 0 unspecified atom stereocenters. The minimum atomic E-state index is -0.928. The predicted molar refractivity (Wildman–Crippen MR) is 199 cm³/mol. The molecule has 0 aliphatic rings. The van der Waals surface area contributed by atoms with E-state index in [1.54, 1.807) is 31.3 Å². The zero-order valence-corrected chi connectivity index (χ0v) is 32.0. The van der Waals surface area contributed by atoms with Crippen molar-refractivity contribution in [2.45, 2.75) is 62.1 Å². The van der Waals surface area contributed by atoms with Crippen LogP contribution in [0.15, 0.2) is 67.0 Å². The number of halogens is 2. The molecule has 0 saturated heterocycles. The van der Waals surface area contributed by atoms with Crippen LogP contribution >= 0.6 is 23.2 Å². The first-order chi connectivity index (χ1) is 24.6. The number of benzene rings is 3. The molecular formula is C38H43AsCl2N3O7. The van der Waals surface area contributed by atoms with E-state index in [2.05, 4.69) is 16.4 Å². The van der Waals surface area contributed by atoms with Gasteiger partial charge in [0.25, 0.3) is 0 Å². The van der Waals surface area contributed by atoms with E-state index in [1.807, 2.05) is 43.3 Å². The Hall–Kier alpha value is -3.36. The third-order valence-electron chi connectivity index (χ3n) is 8.14. The van der Waals surface area contributed by atoms with Gasteiger partial charge in [-0.3, -0.25) is 4.98 Å². The first-order valence-corrected chi connectivity index (χ1v) is 19.8. The summed E-state index contributed by atoms with van der Waals surface area (Å²) in [4.78, 5) is 4.10. The van der Waals surface area contributed by atoms with E-state index in [0.29, 0.717) is 50.1 Å². The molecule has 0 aliphatic carbocycles. The molecule has 1 heterocycles. The number of nitrogens with zero attached hydrogens (tertiary/aromatic N) is 2. The van der Waals surface area contributed by atoms with Crippen LogP contribution < -0.4 is 19.5 Å². The summed E-state index contributed by atoms with van der Waals surface area (Å²) >= 11 is 13.7. The monoisotopic (exact) mass is 798 g/mol. The van der Waals surface area contributed by atoms with E-state index in [9.17, 15) is 20.6 Å². The third kappa shape index (κ3) is 11.6. The van der Waals surface area contributed by atoms with Gasteiger partial charge in [0.2, 0.25) is 0 Å². The molecule has 10 nitrogen and oxygen atoms in total. The molecule has 1 radical (unpaired) electrons. The Morgan fingerprint density at radius 3 is 2.41 bits per heavy atom. The average Bonchev–Trinajstić information content (AvgIpc) is 3.15. The van der Waals surface area contributed by atoms with Crippen LogP contribution in [0.4, 0.5) is 0 Å². The fourth-order valence-corrected chi connectivity index (χ4v) is 7.51. The van der Waals surface area contributed by atoms with E-state index in [0.717, 1.165) is 39.6 Å². The van der Waals surface area contributed by atoms with Crippen LogP contribution in [0.2, 0.25) is 20.5 Å². The summed E-state index contributed by atoms with van der Waals surface area (Å²) in [6.45, 7) is 3.98. The molecule has 13 heteroatoms. The molecule has 4 aromatic rings. The number of aromatic nitrogens is 1. The second-order valence-electron chi connectivity index (χ2n) is 12.3. The van der Waals surface area contributed by atoms with Gasteiger partial charge < -0.3 is 20.3 Å². The number of hydrogen-bond acceptors (Lipinski definition) is 10. The van der Waals surface area contributed by atoms with Gasteiger partial charge in [0.1, 0.15) is 24.2 Å². The number of ether oxygens (including phenoxy) is 3. The first-order valence-electron chi connectivity index (χ1n) is 16.4. The van der Waals surface area contributed by atoms with Crippen LogP contribution in [0.5, 0.6) is 17.2 Å². The van der Waals surface area contributed by atoms with E-state index in [-0.39, 0.29) is 55.3 Å². The molecule has 1 atom stereocenters. The fraction of sp³-hybridized carbons (Fsp3) is 0.368. The summed E-state index contributed by atoms with van der Waals surface area (Å²) in [5, 5.41) is 53.0. The molecule has 0 amide bonds. The van der Waals surface area contributed by atoms with Crippen LogP contribution in [-0.2, 0) is 19.8 Å². The average molecular weight is 800 g/mol. The SMILES string of the molecule is Cc1c(OCCC[As]C[C@@H](O)CO)cccc1-c1cccc(COc2cc(OCc3cncc(C#N)c3)c(CNC(C)(CO)CO)cc2Cl)c1Cl. The Kier molecular flexibility index (Phi) is 15.9. The molecule has 51 heavy (non-hydrogen) atoms. The number of aliphatic hydroxyl groups excluding tert-OH is 4. The van der Waals surface area contributed by atoms with Gasteiger partial charge in [0, 0.05) is 36.1 Å². The second kappa shape index (κ2) is 20.0. The number of nitrogens with one attached hydrogen (secondary N) is 1. The number of rotatable bonds is 20. The Labute approximate surface area is 315 Å². The molecule has 0 aliphatic heterocycles. The van der Waals surface area contributed by atoms with Crippen LogP contribution in [0.1, 0.15) is 41.2 Å². The second-order valence-corrected chi connectivity index (χ2v) is 15.7. The predicted octanol–water partition coefficient (Wildman–Crippen LogP) is 5.89. The van der Waals surface area contributed by atoms with Crippen LogP contribution in [-0.4, -0.2) is 79.2 Å². The molecular weight excluding hydrogens is 756 g/mol. The van der Waals surface area contributed by atoms with Crippen molar-refractivity contribution in [3.05, 3.63) is 105 Å². The Bertz CT molecular complexity index is 1790. The first kappa shape index (κ1) is 40.4. The molecule has 5 N–H and O–H groups in total. The van der Waals surface area contributed by atoms with E-state index in [4.69, 9.17) is 42.5 Å². The Morgan fingerprint density at radius 1 is 0.922 bits per heavy atom. The van der Waals surface area contributed by atoms with Crippen LogP contribution in [0.3, 0.4) is 0 Å². The summed E-state index contributed by atoms with van der Waals surface area (Å²) in [6.07, 6.45) is 3.34. The minimum absolute atomic E-state index is 0.0313. The van der Waals surface area contributed by atoms with Gasteiger partial charge in [0.05, 0.1) is 29.3 Å². The molecule has 3 aromatic carbocycles. The molecule has 0 bridgehead atoms. The zero-order chi connectivity index (χ0) is 36.8. The van der Waals surface area contributed by atoms with Gasteiger partial charge >= 0.3 is 166 Å². The van der Waals surface area contributed by atoms with Gasteiger partial charge in [-0.1, -0.05) is 11.6 Å². The summed E-state index contributed by atoms with van der Waals surface area (Å²) < 4.78 is 18.5. The maximum absolute atomic E-state index is 9.77. The van der Waals surface area contributed by atoms with Crippen molar-refractivity contribution >= 4 is 39.0 Å². The van der Waals surface area contributed by atoms with Crippen molar-refractivity contribution in [1.29, 1.82) is 5.26 Å². The molecule has 271 valence electrons. The summed E-state index contributed by atoms with van der Waals surface area (Å²) in [6, 6.07) is 18.8. The van der Waals surface area contributed by atoms with Crippen molar-refractivity contribution in [1.82, 2.24) is 10.3 Å². The van der Waals surface area contributed by atoms with Gasteiger partial charge in [-0.15, -0.1) is 0 Å². The molecule has 0 spiro atoms. The topological polar surface area (TPSA) is 157 Å². The van der Waals surface area contributed by atoms with Crippen LogP contribution in [0.25, 0.3) is 11.1 Å². The number of pyridine rings is 1. The quantitative estimate of drug-likeness (QED) is 0.0540. The standard InChI is InChI=1S/C38H43AsCl2N3O7/c1-25-31(7-4-9-34(25)49-11-5-10-39-15-30(48)20-45)32-8-3-6-28(37(32)41)22-51-36-14-35(50-21-27-12-26(16-42)17-43-18-27)29(13-33(36)40)19-44-38(2,23-46)24-47/h3-4,6-9,12-14,17-18,30,44-48H,5,10-11,15,19-24H2,1-2H3/t30-/m1/s1. The third-order valence-corrected chi connectivity index (χ3v) is 11.6. The van der Waals surface area contributed by atoms with Crippen molar-refractivity contribution < 1.29 is 34.6 Å².